The van der Waals surface area contributed by atoms with Gasteiger partial charge in [-0.15, -0.1) is 0 Å². The van der Waals surface area contributed by atoms with E-state index in [1.165, 1.54) is 65.6 Å². The Labute approximate surface area is 351 Å². The lowest BCUT2D eigenvalue weighted by Crippen LogP contribution is -2.37. The fourth-order valence-corrected chi connectivity index (χ4v) is 10.2. The predicted octanol–water partition coefficient (Wildman–Crippen LogP) is 14.5. The Kier molecular flexibility index (Phi) is 8.50. The molecular weight excluding hydrogens is 743 g/mol. The second kappa shape index (κ2) is 14.2. The maximum absolute atomic E-state index is 5.15. The second-order valence-electron chi connectivity index (χ2n) is 16.9. The highest BCUT2D eigenvalue weighted by Gasteiger charge is 2.19. The van der Waals surface area contributed by atoms with E-state index in [1.54, 1.807) is 0 Å². The quantitative estimate of drug-likeness (QED) is 0.148. The summed E-state index contributed by atoms with van der Waals surface area (Å²) in [6.45, 7) is 7.22. The summed E-state index contributed by atoms with van der Waals surface area (Å²) in [7, 11) is -1.41. The van der Waals surface area contributed by atoms with Crippen molar-refractivity contribution in [3.8, 4) is 56.1 Å². The van der Waals surface area contributed by atoms with Gasteiger partial charge in [0.15, 0.2) is 0 Å². The standard InChI is InChI=1S/C56H43N3Si/c1-60(2,3)46-29-27-44(28-30-46)58-54-24-13-11-22-48(54)50-34-41(26-32-55(50)58)42-25-31-49-47-21-10-12-23-53(47)59(56(49)37-42)45-20-14-19-40(33-45)43-35-51(38-15-6-4-7-16-38)57-52(36-43)39-17-8-5-9-18-39/h4-37H,1-3H3. The first-order chi connectivity index (χ1) is 29.4. The van der Waals surface area contributed by atoms with Crippen LogP contribution >= 0.6 is 0 Å². The van der Waals surface area contributed by atoms with E-state index in [9.17, 15) is 0 Å². The normalized spacial score (nSPS) is 11.9. The van der Waals surface area contributed by atoms with Gasteiger partial charge in [0.25, 0.3) is 0 Å². The van der Waals surface area contributed by atoms with Crippen LogP contribution in [0.4, 0.5) is 0 Å². The number of pyridine rings is 1. The zero-order chi connectivity index (χ0) is 40.4. The van der Waals surface area contributed by atoms with Crippen molar-refractivity contribution in [2.45, 2.75) is 19.6 Å². The summed E-state index contributed by atoms with van der Waals surface area (Å²) in [6.07, 6.45) is 0. The molecule has 4 heteroatoms. The van der Waals surface area contributed by atoms with Crippen LogP contribution in [0.2, 0.25) is 19.6 Å². The Morgan fingerprint density at radius 1 is 0.317 bits per heavy atom. The van der Waals surface area contributed by atoms with Gasteiger partial charge in [-0.2, -0.15) is 0 Å². The lowest BCUT2D eigenvalue weighted by atomic mass is 9.99. The van der Waals surface area contributed by atoms with Crippen LogP contribution in [0.3, 0.4) is 0 Å². The van der Waals surface area contributed by atoms with Crippen LogP contribution in [-0.2, 0) is 0 Å². The average molecular weight is 786 g/mol. The topological polar surface area (TPSA) is 22.8 Å². The minimum Gasteiger partial charge on any atom is -0.309 e. The molecule has 286 valence electrons. The van der Waals surface area contributed by atoms with Gasteiger partial charge in [0.2, 0.25) is 0 Å². The van der Waals surface area contributed by atoms with Crippen LogP contribution in [0, 0.1) is 0 Å². The van der Waals surface area contributed by atoms with E-state index in [0.717, 1.165) is 39.3 Å². The van der Waals surface area contributed by atoms with Crippen molar-refractivity contribution in [1.82, 2.24) is 14.1 Å². The minimum atomic E-state index is -1.41. The van der Waals surface area contributed by atoms with Gasteiger partial charge in [0, 0.05) is 44.0 Å². The molecule has 8 aromatic carbocycles. The van der Waals surface area contributed by atoms with Crippen molar-refractivity contribution < 1.29 is 0 Å². The van der Waals surface area contributed by atoms with Crippen LogP contribution in [0.1, 0.15) is 0 Å². The summed E-state index contributed by atoms with van der Waals surface area (Å²) in [6, 6.07) is 75.2. The smallest absolute Gasteiger partial charge is 0.0775 e. The fourth-order valence-electron chi connectivity index (χ4n) is 9.00. The van der Waals surface area contributed by atoms with Crippen LogP contribution in [0.15, 0.2) is 206 Å². The Bertz CT molecular complexity index is 3330. The molecule has 0 bridgehead atoms. The molecule has 3 heterocycles. The SMILES string of the molecule is C[Si](C)(C)c1ccc(-n2c3ccccc3c3cc(-c4ccc5c6ccccc6n(-c6cccc(-c7cc(-c8ccccc8)nc(-c8ccccc8)c7)c6)c5c4)ccc32)cc1. The first-order valence-electron chi connectivity index (χ1n) is 20.8. The van der Waals surface area contributed by atoms with E-state index < -0.39 is 8.07 Å². The molecule has 3 aromatic heterocycles. The molecule has 0 aliphatic heterocycles. The number of fused-ring (bicyclic) bond motifs is 6. The van der Waals surface area contributed by atoms with Gasteiger partial charge < -0.3 is 9.13 Å². The Morgan fingerprint density at radius 2 is 0.817 bits per heavy atom. The number of hydrogen-bond acceptors (Lipinski definition) is 1. The molecule has 0 saturated heterocycles. The van der Waals surface area contributed by atoms with Gasteiger partial charge in [0.1, 0.15) is 0 Å². The Morgan fingerprint density at radius 3 is 1.47 bits per heavy atom. The largest absolute Gasteiger partial charge is 0.309 e. The van der Waals surface area contributed by atoms with Gasteiger partial charge >= 0.3 is 0 Å². The van der Waals surface area contributed by atoms with E-state index in [1.807, 2.05) is 0 Å². The number of nitrogens with zero attached hydrogens (tertiary/aromatic N) is 3. The molecule has 0 spiro atoms. The van der Waals surface area contributed by atoms with Crippen molar-refractivity contribution in [1.29, 1.82) is 0 Å². The van der Waals surface area contributed by atoms with Crippen LogP contribution < -0.4 is 5.19 Å². The molecule has 11 rings (SSSR count). The zero-order valence-corrected chi connectivity index (χ0v) is 35.0. The molecular formula is C56H43N3Si. The van der Waals surface area contributed by atoms with Gasteiger partial charge in [-0.3, -0.25) is 0 Å². The third-order valence-corrected chi connectivity index (χ3v) is 14.1. The van der Waals surface area contributed by atoms with E-state index in [2.05, 4.69) is 235 Å². The first kappa shape index (κ1) is 35.9. The average Bonchev–Trinajstić information content (AvgIpc) is 3.81. The highest BCUT2D eigenvalue weighted by molar-refractivity contribution is 6.88. The maximum atomic E-state index is 5.15. The molecule has 60 heavy (non-hydrogen) atoms. The lowest BCUT2D eigenvalue weighted by molar-refractivity contribution is 1.18. The monoisotopic (exact) mass is 785 g/mol. The van der Waals surface area contributed by atoms with Gasteiger partial charge in [0.05, 0.1) is 41.5 Å². The molecule has 0 unspecified atom stereocenters. The van der Waals surface area contributed by atoms with E-state index in [-0.39, 0.29) is 0 Å². The number of para-hydroxylation sites is 2. The minimum absolute atomic E-state index is 0.957. The molecule has 0 atom stereocenters. The Balaban J connectivity index is 1.05. The third kappa shape index (κ3) is 6.16. The van der Waals surface area contributed by atoms with Gasteiger partial charge in [-0.25, -0.2) is 4.98 Å². The summed E-state index contributed by atoms with van der Waals surface area (Å²) in [5.74, 6) is 0. The number of hydrogen-bond donors (Lipinski definition) is 0. The Hall–Kier alpha value is -7.27. The van der Waals surface area contributed by atoms with Gasteiger partial charge in [-0.1, -0.05) is 164 Å². The highest BCUT2D eigenvalue weighted by atomic mass is 28.3. The van der Waals surface area contributed by atoms with Crippen LogP contribution in [-0.4, -0.2) is 22.2 Å². The van der Waals surface area contributed by atoms with Crippen LogP contribution in [0.25, 0.3) is 99.8 Å². The van der Waals surface area contributed by atoms with E-state index in [4.69, 9.17) is 4.98 Å². The van der Waals surface area contributed by atoms with Crippen molar-refractivity contribution in [2.75, 3.05) is 0 Å². The summed E-state index contributed by atoms with van der Waals surface area (Å²) in [4.78, 5) is 5.15. The zero-order valence-electron chi connectivity index (χ0n) is 34.0. The molecule has 0 fully saturated rings. The summed E-state index contributed by atoms with van der Waals surface area (Å²) < 4.78 is 4.86. The molecule has 0 saturated carbocycles. The fraction of sp³-hybridized carbons (Fsp3) is 0.0536. The van der Waals surface area contributed by atoms with Crippen molar-refractivity contribution in [2.24, 2.45) is 0 Å². The van der Waals surface area contributed by atoms with Crippen molar-refractivity contribution >= 4 is 56.9 Å². The molecule has 11 aromatic rings. The molecule has 3 nitrogen and oxygen atoms in total. The van der Waals surface area contributed by atoms with E-state index in [0.29, 0.717) is 0 Å². The first-order valence-corrected chi connectivity index (χ1v) is 24.3. The highest BCUT2D eigenvalue weighted by Crippen LogP contribution is 2.39. The third-order valence-electron chi connectivity index (χ3n) is 12.1. The lowest BCUT2D eigenvalue weighted by Gasteiger charge is -2.17. The number of aromatic nitrogens is 3. The van der Waals surface area contributed by atoms with Gasteiger partial charge in [-0.05, 0) is 89.0 Å². The summed E-state index contributed by atoms with van der Waals surface area (Å²) in [5, 5.41) is 6.47. The maximum Gasteiger partial charge on any atom is 0.0775 e. The molecule has 0 N–H and O–H groups in total. The second-order valence-corrected chi connectivity index (χ2v) is 22.0. The van der Waals surface area contributed by atoms with Crippen LogP contribution in [0.5, 0.6) is 0 Å². The molecule has 0 aliphatic rings. The number of benzene rings is 8. The molecule has 0 aliphatic carbocycles. The van der Waals surface area contributed by atoms with E-state index >= 15 is 0 Å². The number of rotatable bonds is 7. The summed E-state index contributed by atoms with van der Waals surface area (Å²) in [5.41, 5.74) is 15.9. The predicted molar refractivity (Wildman–Crippen MR) is 258 cm³/mol. The molecule has 0 radical (unpaired) electrons. The molecule has 0 amide bonds. The summed E-state index contributed by atoms with van der Waals surface area (Å²) >= 11 is 0. The van der Waals surface area contributed by atoms with Crippen molar-refractivity contribution in [3.05, 3.63) is 206 Å². The van der Waals surface area contributed by atoms with Crippen molar-refractivity contribution in [3.63, 3.8) is 0 Å².